The SMILES string of the molecule is OCC1(C2(O)CCCCC2)CCCC1. The second-order valence-electron chi connectivity index (χ2n) is 5.24. The maximum atomic E-state index is 10.7. The average molecular weight is 198 g/mol. The van der Waals surface area contributed by atoms with E-state index < -0.39 is 5.60 Å². The first-order valence-electron chi connectivity index (χ1n) is 6.06. The lowest BCUT2D eigenvalue weighted by Crippen LogP contribution is -2.50. The van der Waals surface area contributed by atoms with E-state index in [4.69, 9.17) is 0 Å². The highest BCUT2D eigenvalue weighted by atomic mass is 16.3. The standard InChI is InChI=1S/C12H22O2/c13-10-11(6-4-5-7-11)12(14)8-2-1-3-9-12/h13-14H,1-10H2. The van der Waals surface area contributed by atoms with Gasteiger partial charge in [-0.2, -0.15) is 0 Å². The Balaban J connectivity index is 2.15. The summed E-state index contributed by atoms with van der Waals surface area (Å²) in [6.07, 6.45) is 9.77. The quantitative estimate of drug-likeness (QED) is 0.714. The van der Waals surface area contributed by atoms with Crippen LogP contribution in [0.3, 0.4) is 0 Å². The fraction of sp³-hybridized carbons (Fsp3) is 1.00. The smallest absolute Gasteiger partial charge is 0.0725 e. The zero-order valence-electron chi connectivity index (χ0n) is 8.97. The molecule has 2 heteroatoms. The highest BCUT2D eigenvalue weighted by Gasteiger charge is 2.51. The molecule has 2 N–H and O–H groups in total. The maximum Gasteiger partial charge on any atom is 0.0725 e. The molecule has 14 heavy (non-hydrogen) atoms. The topological polar surface area (TPSA) is 40.5 Å². The van der Waals surface area contributed by atoms with Crippen LogP contribution < -0.4 is 0 Å². The van der Waals surface area contributed by atoms with Gasteiger partial charge in [-0.1, -0.05) is 32.1 Å². The molecule has 2 aliphatic carbocycles. The van der Waals surface area contributed by atoms with Gasteiger partial charge in [-0.15, -0.1) is 0 Å². The summed E-state index contributed by atoms with van der Waals surface area (Å²) in [5.74, 6) is 0. The molecule has 2 rings (SSSR count). The fourth-order valence-electron chi connectivity index (χ4n) is 3.49. The Hall–Kier alpha value is -0.0800. The van der Waals surface area contributed by atoms with Gasteiger partial charge in [0.2, 0.25) is 0 Å². The number of aliphatic hydroxyl groups is 2. The molecule has 0 unspecified atom stereocenters. The van der Waals surface area contributed by atoms with Crippen molar-refractivity contribution in [2.45, 2.75) is 63.4 Å². The van der Waals surface area contributed by atoms with Crippen molar-refractivity contribution in [2.75, 3.05) is 6.61 Å². The van der Waals surface area contributed by atoms with Gasteiger partial charge >= 0.3 is 0 Å². The Morgan fingerprint density at radius 1 is 0.786 bits per heavy atom. The van der Waals surface area contributed by atoms with Gasteiger partial charge in [-0.05, 0) is 25.7 Å². The summed E-state index contributed by atoms with van der Waals surface area (Å²) in [6.45, 7) is 0.184. The number of rotatable bonds is 2. The molecule has 0 amide bonds. The third kappa shape index (κ3) is 1.49. The molecule has 2 saturated carbocycles. The molecule has 0 radical (unpaired) electrons. The van der Waals surface area contributed by atoms with E-state index in [1.54, 1.807) is 0 Å². The first-order chi connectivity index (χ1) is 6.72. The van der Waals surface area contributed by atoms with Gasteiger partial charge in [-0.3, -0.25) is 0 Å². The van der Waals surface area contributed by atoms with E-state index in [1.807, 2.05) is 0 Å². The molecule has 2 nitrogen and oxygen atoms in total. The Morgan fingerprint density at radius 3 is 1.79 bits per heavy atom. The first kappa shape index (κ1) is 10.4. The lowest BCUT2D eigenvalue weighted by molar-refractivity contribution is -0.127. The van der Waals surface area contributed by atoms with E-state index in [0.717, 1.165) is 38.5 Å². The number of hydrogen-bond donors (Lipinski definition) is 2. The van der Waals surface area contributed by atoms with Crippen molar-refractivity contribution in [1.82, 2.24) is 0 Å². The van der Waals surface area contributed by atoms with Crippen molar-refractivity contribution < 1.29 is 10.2 Å². The summed E-state index contributed by atoms with van der Waals surface area (Å²) in [7, 11) is 0. The van der Waals surface area contributed by atoms with E-state index >= 15 is 0 Å². The minimum atomic E-state index is -0.545. The molecule has 0 atom stereocenters. The summed E-state index contributed by atoms with van der Waals surface area (Å²) in [5.41, 5.74) is -0.691. The molecular formula is C12H22O2. The molecule has 0 aromatic carbocycles. The molecule has 0 bridgehead atoms. The number of aliphatic hydroxyl groups excluding tert-OH is 1. The monoisotopic (exact) mass is 198 g/mol. The number of hydrogen-bond acceptors (Lipinski definition) is 2. The molecule has 0 heterocycles. The van der Waals surface area contributed by atoms with Crippen LogP contribution in [0.5, 0.6) is 0 Å². The highest BCUT2D eigenvalue weighted by Crippen LogP contribution is 2.51. The lowest BCUT2D eigenvalue weighted by atomic mass is 9.64. The Bertz CT molecular complexity index is 188. The van der Waals surface area contributed by atoms with Crippen LogP contribution in [0.2, 0.25) is 0 Å². The van der Waals surface area contributed by atoms with Crippen LogP contribution in [-0.2, 0) is 0 Å². The fourth-order valence-corrected chi connectivity index (χ4v) is 3.49. The molecule has 0 aromatic rings. The lowest BCUT2D eigenvalue weighted by Gasteiger charge is -2.46. The molecule has 2 aliphatic rings. The van der Waals surface area contributed by atoms with Crippen molar-refractivity contribution in [3.8, 4) is 0 Å². The van der Waals surface area contributed by atoms with Crippen molar-refractivity contribution in [1.29, 1.82) is 0 Å². The van der Waals surface area contributed by atoms with E-state index in [1.165, 1.54) is 19.3 Å². The van der Waals surface area contributed by atoms with Crippen LogP contribution in [0.4, 0.5) is 0 Å². The van der Waals surface area contributed by atoms with Gasteiger partial charge < -0.3 is 10.2 Å². The zero-order chi connectivity index (χ0) is 10.1. The normalized spacial score (nSPS) is 30.4. The van der Waals surface area contributed by atoms with Gasteiger partial charge in [0.15, 0.2) is 0 Å². The molecule has 2 fully saturated rings. The van der Waals surface area contributed by atoms with Crippen molar-refractivity contribution >= 4 is 0 Å². The van der Waals surface area contributed by atoms with E-state index in [0.29, 0.717) is 0 Å². The minimum absolute atomic E-state index is 0.145. The minimum Gasteiger partial charge on any atom is -0.396 e. The Labute approximate surface area is 86.3 Å². The molecule has 0 aliphatic heterocycles. The molecular weight excluding hydrogens is 176 g/mol. The third-order valence-corrected chi connectivity index (χ3v) is 4.53. The van der Waals surface area contributed by atoms with Crippen molar-refractivity contribution in [3.05, 3.63) is 0 Å². The second-order valence-corrected chi connectivity index (χ2v) is 5.24. The van der Waals surface area contributed by atoms with Crippen LogP contribution in [0.25, 0.3) is 0 Å². The van der Waals surface area contributed by atoms with Gasteiger partial charge in [0.05, 0.1) is 12.2 Å². The van der Waals surface area contributed by atoms with Crippen LogP contribution in [0, 0.1) is 5.41 Å². The van der Waals surface area contributed by atoms with Gasteiger partial charge in [0, 0.05) is 5.41 Å². The second kappa shape index (κ2) is 3.82. The van der Waals surface area contributed by atoms with Crippen molar-refractivity contribution in [2.24, 2.45) is 5.41 Å². The van der Waals surface area contributed by atoms with Gasteiger partial charge in [0.25, 0.3) is 0 Å². The molecule has 0 spiro atoms. The van der Waals surface area contributed by atoms with Crippen molar-refractivity contribution in [3.63, 3.8) is 0 Å². The van der Waals surface area contributed by atoms with Crippen LogP contribution in [-0.4, -0.2) is 22.4 Å². The van der Waals surface area contributed by atoms with Gasteiger partial charge in [0.1, 0.15) is 0 Å². The third-order valence-electron chi connectivity index (χ3n) is 4.53. The van der Waals surface area contributed by atoms with Gasteiger partial charge in [-0.25, -0.2) is 0 Å². The summed E-state index contributed by atoms with van der Waals surface area (Å²) >= 11 is 0. The first-order valence-corrected chi connectivity index (χ1v) is 6.06. The van der Waals surface area contributed by atoms with Crippen LogP contribution >= 0.6 is 0 Å². The summed E-state index contributed by atoms with van der Waals surface area (Å²) in [5, 5.41) is 20.2. The molecule has 0 aromatic heterocycles. The average Bonchev–Trinajstić information content (AvgIpc) is 2.68. The highest BCUT2D eigenvalue weighted by molar-refractivity contribution is 5.02. The van der Waals surface area contributed by atoms with Crippen LogP contribution in [0.1, 0.15) is 57.8 Å². The predicted molar refractivity (Wildman–Crippen MR) is 56.0 cm³/mol. The van der Waals surface area contributed by atoms with E-state index in [-0.39, 0.29) is 12.0 Å². The Kier molecular flexibility index (Phi) is 2.85. The maximum absolute atomic E-state index is 10.7. The predicted octanol–water partition coefficient (Wildman–Crippen LogP) is 2.23. The Morgan fingerprint density at radius 2 is 1.29 bits per heavy atom. The summed E-state index contributed by atoms with van der Waals surface area (Å²) < 4.78 is 0. The molecule has 82 valence electrons. The largest absolute Gasteiger partial charge is 0.396 e. The van der Waals surface area contributed by atoms with E-state index in [9.17, 15) is 10.2 Å². The zero-order valence-corrected chi connectivity index (χ0v) is 8.97. The van der Waals surface area contributed by atoms with Crippen LogP contribution in [0.15, 0.2) is 0 Å². The summed E-state index contributed by atoms with van der Waals surface area (Å²) in [6, 6.07) is 0. The van der Waals surface area contributed by atoms with E-state index in [2.05, 4.69) is 0 Å². The molecule has 0 saturated heterocycles. The summed E-state index contributed by atoms with van der Waals surface area (Å²) in [4.78, 5) is 0.